The predicted octanol–water partition coefficient (Wildman–Crippen LogP) is 2.64. The Bertz CT molecular complexity index is 1040. The molecule has 1 aromatic carbocycles. The zero-order valence-corrected chi connectivity index (χ0v) is 17.5. The van der Waals surface area contributed by atoms with E-state index in [9.17, 15) is 9.90 Å². The summed E-state index contributed by atoms with van der Waals surface area (Å²) >= 11 is 0. The van der Waals surface area contributed by atoms with Gasteiger partial charge in [0.2, 0.25) is 0 Å². The van der Waals surface area contributed by atoms with Gasteiger partial charge in [-0.05, 0) is 37.2 Å². The summed E-state index contributed by atoms with van der Waals surface area (Å²) in [7, 11) is 2.11. The molecule has 0 saturated carbocycles. The molecule has 2 aromatic heterocycles. The molecule has 156 valence electrons. The molecule has 3 aromatic rings. The second-order valence-corrected chi connectivity index (χ2v) is 7.99. The summed E-state index contributed by atoms with van der Waals surface area (Å²) in [4.78, 5) is 22.4. The first-order chi connectivity index (χ1) is 14.5. The number of piperazine rings is 1. The quantitative estimate of drug-likeness (QED) is 0.708. The molecule has 1 atom stereocenters. The fourth-order valence-electron chi connectivity index (χ4n) is 4.17. The second-order valence-electron chi connectivity index (χ2n) is 7.99. The summed E-state index contributed by atoms with van der Waals surface area (Å²) in [5, 5.41) is 10.9. The lowest BCUT2D eigenvalue weighted by molar-refractivity contribution is 0.125. The van der Waals surface area contributed by atoms with Gasteiger partial charge in [0, 0.05) is 44.3 Å². The van der Waals surface area contributed by atoms with Crippen LogP contribution in [0.4, 0.5) is 0 Å². The highest BCUT2D eigenvalue weighted by molar-refractivity contribution is 5.41. The van der Waals surface area contributed by atoms with Crippen LogP contribution in [0.3, 0.4) is 0 Å². The van der Waals surface area contributed by atoms with Crippen molar-refractivity contribution < 1.29 is 5.11 Å². The normalized spacial score (nSPS) is 16.5. The van der Waals surface area contributed by atoms with E-state index in [1.807, 2.05) is 49.4 Å². The molecule has 1 saturated heterocycles. The third kappa shape index (κ3) is 4.15. The van der Waals surface area contributed by atoms with Crippen molar-refractivity contribution in [2.45, 2.75) is 19.5 Å². The van der Waals surface area contributed by atoms with E-state index in [0.29, 0.717) is 12.1 Å². The van der Waals surface area contributed by atoms with E-state index in [0.717, 1.165) is 43.0 Å². The Balaban J connectivity index is 1.82. The molecule has 6 heteroatoms. The number of hydrogen-bond acceptors (Lipinski definition) is 5. The fraction of sp³-hybridized carbons (Fsp3) is 0.333. The van der Waals surface area contributed by atoms with Crippen molar-refractivity contribution in [2.24, 2.45) is 0 Å². The van der Waals surface area contributed by atoms with Gasteiger partial charge < -0.3 is 14.6 Å². The third-order valence-corrected chi connectivity index (χ3v) is 5.88. The van der Waals surface area contributed by atoms with Gasteiger partial charge in [-0.2, -0.15) is 0 Å². The molecule has 1 fully saturated rings. The maximum atomic E-state index is 13.7. The fourth-order valence-corrected chi connectivity index (χ4v) is 4.17. The molecule has 0 bridgehead atoms. The minimum Gasteiger partial charge on any atom is -0.507 e. The lowest BCUT2D eigenvalue weighted by Crippen LogP contribution is -2.47. The highest BCUT2D eigenvalue weighted by atomic mass is 16.3. The Hall–Kier alpha value is -2.96. The average Bonchev–Trinajstić information content (AvgIpc) is 2.76. The van der Waals surface area contributed by atoms with E-state index in [2.05, 4.69) is 21.8 Å². The van der Waals surface area contributed by atoms with Crippen molar-refractivity contribution in [3.05, 3.63) is 93.7 Å². The predicted molar refractivity (Wildman–Crippen MR) is 118 cm³/mol. The van der Waals surface area contributed by atoms with Crippen molar-refractivity contribution in [3.8, 4) is 5.75 Å². The number of aromatic nitrogens is 2. The molecule has 0 aliphatic carbocycles. The van der Waals surface area contributed by atoms with Gasteiger partial charge >= 0.3 is 0 Å². The van der Waals surface area contributed by atoms with Crippen LogP contribution >= 0.6 is 0 Å². The number of benzene rings is 1. The van der Waals surface area contributed by atoms with Gasteiger partial charge in [0.15, 0.2) is 0 Å². The van der Waals surface area contributed by atoms with Crippen LogP contribution in [0.5, 0.6) is 5.75 Å². The van der Waals surface area contributed by atoms with Crippen LogP contribution in [0.15, 0.2) is 65.7 Å². The topological polar surface area (TPSA) is 61.6 Å². The zero-order chi connectivity index (χ0) is 21.1. The zero-order valence-electron chi connectivity index (χ0n) is 17.5. The Morgan fingerprint density at radius 2 is 1.80 bits per heavy atom. The average molecular weight is 405 g/mol. The van der Waals surface area contributed by atoms with E-state index < -0.39 is 0 Å². The largest absolute Gasteiger partial charge is 0.507 e. The standard InChI is InChI=1S/C24H28N4O2/c1-18-15-21(29)22(24(30)28(18)17-19-7-6-10-25-16-19)23(20-8-4-3-5-9-20)27-13-11-26(2)12-14-27/h3-10,15-16,23,29H,11-14,17H2,1-2H3/t23-/m1/s1. The maximum Gasteiger partial charge on any atom is 0.259 e. The van der Waals surface area contributed by atoms with Crippen LogP contribution in [-0.4, -0.2) is 57.7 Å². The number of hydrogen-bond donors (Lipinski definition) is 1. The molecule has 1 aliphatic rings. The first-order valence-corrected chi connectivity index (χ1v) is 10.3. The van der Waals surface area contributed by atoms with E-state index in [1.165, 1.54) is 0 Å². The summed E-state index contributed by atoms with van der Waals surface area (Å²) in [5.74, 6) is 0.0627. The number of rotatable bonds is 5. The molecule has 0 amide bonds. The van der Waals surface area contributed by atoms with Gasteiger partial charge in [-0.25, -0.2) is 0 Å². The molecule has 0 unspecified atom stereocenters. The van der Waals surface area contributed by atoms with Crippen molar-refractivity contribution in [1.29, 1.82) is 0 Å². The van der Waals surface area contributed by atoms with E-state index >= 15 is 0 Å². The summed E-state index contributed by atoms with van der Waals surface area (Å²) in [6, 6.07) is 15.3. The van der Waals surface area contributed by atoms with Crippen LogP contribution < -0.4 is 5.56 Å². The summed E-state index contributed by atoms with van der Waals surface area (Å²) in [6.45, 7) is 5.82. The van der Waals surface area contributed by atoms with E-state index in [-0.39, 0.29) is 17.4 Å². The lowest BCUT2D eigenvalue weighted by atomic mass is 9.96. The Morgan fingerprint density at radius 3 is 2.47 bits per heavy atom. The highest BCUT2D eigenvalue weighted by Gasteiger charge is 2.30. The van der Waals surface area contributed by atoms with Crippen molar-refractivity contribution in [2.75, 3.05) is 33.2 Å². The van der Waals surface area contributed by atoms with Crippen LogP contribution in [0.2, 0.25) is 0 Å². The molecular weight excluding hydrogens is 376 g/mol. The Labute approximate surface area is 177 Å². The van der Waals surface area contributed by atoms with Crippen LogP contribution in [0.1, 0.15) is 28.4 Å². The minimum atomic E-state index is -0.284. The van der Waals surface area contributed by atoms with Gasteiger partial charge in [0.25, 0.3) is 5.56 Å². The van der Waals surface area contributed by atoms with Crippen LogP contribution in [-0.2, 0) is 6.54 Å². The smallest absolute Gasteiger partial charge is 0.259 e. The van der Waals surface area contributed by atoms with Gasteiger partial charge in [-0.3, -0.25) is 14.7 Å². The molecule has 4 rings (SSSR count). The molecule has 1 aliphatic heterocycles. The van der Waals surface area contributed by atoms with Gasteiger partial charge in [-0.1, -0.05) is 36.4 Å². The molecule has 0 spiro atoms. The molecule has 6 nitrogen and oxygen atoms in total. The maximum absolute atomic E-state index is 13.7. The molecular formula is C24H28N4O2. The van der Waals surface area contributed by atoms with Gasteiger partial charge in [-0.15, -0.1) is 0 Å². The SMILES string of the molecule is Cc1cc(O)c([C@@H](c2ccccc2)N2CCN(C)CC2)c(=O)n1Cc1cccnc1. The molecule has 30 heavy (non-hydrogen) atoms. The molecule has 0 radical (unpaired) electrons. The summed E-state index contributed by atoms with van der Waals surface area (Å²) in [5.41, 5.74) is 3.00. The highest BCUT2D eigenvalue weighted by Crippen LogP contribution is 2.33. The van der Waals surface area contributed by atoms with E-state index in [1.54, 1.807) is 23.0 Å². The molecule has 1 N–H and O–H groups in total. The van der Waals surface area contributed by atoms with Crippen LogP contribution in [0, 0.1) is 6.92 Å². The number of likely N-dealkylation sites (N-methyl/N-ethyl adjacent to an activating group) is 1. The number of aromatic hydroxyl groups is 1. The number of pyridine rings is 2. The molecule has 3 heterocycles. The van der Waals surface area contributed by atoms with E-state index in [4.69, 9.17) is 0 Å². The monoisotopic (exact) mass is 404 g/mol. The first kappa shape index (κ1) is 20.3. The van der Waals surface area contributed by atoms with Gasteiger partial charge in [0.1, 0.15) is 5.75 Å². The van der Waals surface area contributed by atoms with Crippen LogP contribution in [0.25, 0.3) is 0 Å². The Morgan fingerprint density at radius 1 is 1.07 bits per heavy atom. The summed E-state index contributed by atoms with van der Waals surface area (Å²) < 4.78 is 1.73. The number of nitrogens with zero attached hydrogens (tertiary/aromatic N) is 4. The van der Waals surface area contributed by atoms with Crippen molar-refractivity contribution in [1.82, 2.24) is 19.4 Å². The van der Waals surface area contributed by atoms with Gasteiger partial charge in [0.05, 0.1) is 18.2 Å². The Kier molecular flexibility index (Phi) is 5.97. The van der Waals surface area contributed by atoms with Crippen molar-refractivity contribution >= 4 is 0 Å². The lowest BCUT2D eigenvalue weighted by Gasteiger charge is -2.38. The minimum absolute atomic E-state index is 0.0627. The first-order valence-electron chi connectivity index (χ1n) is 10.3. The second kappa shape index (κ2) is 8.81. The number of aryl methyl sites for hydroxylation is 1. The summed E-state index contributed by atoms with van der Waals surface area (Å²) in [6.07, 6.45) is 3.49. The third-order valence-electron chi connectivity index (χ3n) is 5.88. The van der Waals surface area contributed by atoms with Crippen molar-refractivity contribution in [3.63, 3.8) is 0 Å².